The summed E-state index contributed by atoms with van der Waals surface area (Å²) < 4.78 is 4.44. The van der Waals surface area contributed by atoms with Gasteiger partial charge >= 0.3 is 0 Å². The molecule has 0 amide bonds. The van der Waals surface area contributed by atoms with E-state index in [1.165, 1.54) is 0 Å². The number of benzene rings is 2. The zero-order valence-electron chi connectivity index (χ0n) is 9.45. The van der Waals surface area contributed by atoms with Gasteiger partial charge in [0, 0.05) is 4.47 Å². The molecule has 0 bridgehead atoms. The predicted octanol–water partition coefficient (Wildman–Crippen LogP) is 5.87. The summed E-state index contributed by atoms with van der Waals surface area (Å²) in [7, 11) is 0. The topological polar surface area (TPSA) is 20.7 Å². The Bertz CT molecular complexity index is 838. The number of halogens is 3. The normalized spacial score (nSPS) is 11.1. The second-order valence-electron chi connectivity index (χ2n) is 4.00. The average Bonchev–Trinajstić information content (AvgIpc) is 2.68. The molecule has 19 heavy (non-hydrogen) atoms. The monoisotopic (exact) mass is 416 g/mol. The number of rotatable bonds is 1. The molecule has 0 unspecified atom stereocenters. The Morgan fingerprint density at radius 2 is 1.95 bits per heavy atom. The highest BCUT2D eigenvalue weighted by atomic mass is 79.9. The molecule has 0 saturated carbocycles. The summed E-state index contributed by atoms with van der Waals surface area (Å²) in [5.74, 6) is 0. The van der Waals surface area contributed by atoms with Gasteiger partial charge in [-0.15, -0.1) is 0 Å². The van der Waals surface area contributed by atoms with Gasteiger partial charge in [-0.25, -0.2) is 0 Å². The highest BCUT2D eigenvalue weighted by molar-refractivity contribution is 9.11. The van der Waals surface area contributed by atoms with E-state index >= 15 is 0 Å². The summed E-state index contributed by atoms with van der Waals surface area (Å²) in [6.07, 6.45) is 0. The van der Waals surface area contributed by atoms with Crippen LogP contribution >= 0.6 is 55.7 Å². The number of aromatic nitrogens is 2. The number of H-pyrrole nitrogens is 1. The third kappa shape index (κ3) is 2.29. The molecule has 6 heteroatoms. The number of nitrogens with zero attached hydrogens (tertiary/aromatic N) is 1. The van der Waals surface area contributed by atoms with E-state index in [0.29, 0.717) is 9.79 Å². The average molecular weight is 419 g/mol. The van der Waals surface area contributed by atoms with Crippen LogP contribution in [0.15, 0.2) is 45.3 Å². The standard InChI is InChI=1S/C13H7Br2ClN2S/c14-7-4-5-10-9(6-7)17-13(19)18(10)11-3-1-2-8(16)12(11)15/h1-6H,(H,17,19). The Balaban J connectivity index is 2.40. The molecule has 3 aromatic rings. The van der Waals surface area contributed by atoms with E-state index < -0.39 is 0 Å². The van der Waals surface area contributed by atoms with Crippen LogP contribution in [0.4, 0.5) is 0 Å². The maximum Gasteiger partial charge on any atom is 0.182 e. The lowest BCUT2D eigenvalue weighted by Crippen LogP contribution is -1.95. The number of hydrogen-bond donors (Lipinski definition) is 1. The van der Waals surface area contributed by atoms with Gasteiger partial charge in [0.1, 0.15) is 0 Å². The lowest BCUT2D eigenvalue weighted by atomic mass is 10.3. The van der Waals surface area contributed by atoms with E-state index in [9.17, 15) is 0 Å². The first-order valence-corrected chi connectivity index (χ1v) is 7.80. The predicted molar refractivity (Wildman–Crippen MR) is 88.9 cm³/mol. The van der Waals surface area contributed by atoms with Gasteiger partial charge in [-0.05, 0) is 58.5 Å². The molecular weight excluding hydrogens is 411 g/mol. The Kier molecular flexibility index (Phi) is 3.55. The van der Waals surface area contributed by atoms with Crippen LogP contribution in [0.25, 0.3) is 16.7 Å². The highest BCUT2D eigenvalue weighted by Gasteiger charge is 2.11. The number of hydrogen-bond acceptors (Lipinski definition) is 1. The van der Waals surface area contributed by atoms with Crippen LogP contribution in [0, 0.1) is 4.77 Å². The van der Waals surface area contributed by atoms with Crippen molar-refractivity contribution in [3.8, 4) is 5.69 Å². The van der Waals surface area contributed by atoms with Crippen LogP contribution < -0.4 is 0 Å². The van der Waals surface area contributed by atoms with Crippen LogP contribution in [-0.2, 0) is 0 Å². The SMILES string of the molecule is S=c1[nH]c2cc(Br)ccc2n1-c1cccc(Cl)c1Br. The van der Waals surface area contributed by atoms with Crippen molar-refractivity contribution in [1.29, 1.82) is 0 Å². The van der Waals surface area contributed by atoms with Crippen molar-refractivity contribution in [3.63, 3.8) is 0 Å². The van der Waals surface area contributed by atoms with E-state index in [1.807, 2.05) is 41.0 Å². The van der Waals surface area contributed by atoms with E-state index in [1.54, 1.807) is 0 Å². The van der Waals surface area contributed by atoms with Crippen LogP contribution in [0.1, 0.15) is 0 Å². The Morgan fingerprint density at radius 3 is 2.74 bits per heavy atom. The van der Waals surface area contributed by atoms with Gasteiger partial charge in [-0.3, -0.25) is 4.57 Å². The number of imidazole rings is 1. The Labute approximate surface area is 136 Å². The summed E-state index contributed by atoms with van der Waals surface area (Å²) in [6, 6.07) is 11.7. The van der Waals surface area contributed by atoms with Gasteiger partial charge in [0.05, 0.1) is 26.2 Å². The fourth-order valence-corrected chi connectivity index (χ4v) is 3.27. The molecule has 1 N–H and O–H groups in total. The van der Waals surface area contributed by atoms with Crippen LogP contribution in [0.2, 0.25) is 5.02 Å². The number of fused-ring (bicyclic) bond motifs is 1. The summed E-state index contributed by atoms with van der Waals surface area (Å²) in [6.45, 7) is 0. The van der Waals surface area contributed by atoms with E-state index in [2.05, 4.69) is 36.8 Å². The second-order valence-corrected chi connectivity index (χ2v) is 6.50. The number of nitrogens with one attached hydrogen (secondary N) is 1. The molecule has 0 spiro atoms. The van der Waals surface area contributed by atoms with Crippen molar-refractivity contribution >= 4 is 66.7 Å². The zero-order chi connectivity index (χ0) is 13.6. The van der Waals surface area contributed by atoms with Gasteiger partial charge < -0.3 is 4.98 Å². The van der Waals surface area contributed by atoms with Crippen molar-refractivity contribution in [2.45, 2.75) is 0 Å². The van der Waals surface area contributed by atoms with Crippen molar-refractivity contribution in [1.82, 2.24) is 9.55 Å². The summed E-state index contributed by atoms with van der Waals surface area (Å²) in [5, 5.41) is 0.658. The lowest BCUT2D eigenvalue weighted by Gasteiger charge is -2.08. The summed E-state index contributed by atoms with van der Waals surface area (Å²) in [5.41, 5.74) is 2.91. The number of aromatic amines is 1. The maximum atomic E-state index is 6.15. The molecule has 1 heterocycles. The molecule has 0 aliphatic heterocycles. The van der Waals surface area contributed by atoms with E-state index in [0.717, 1.165) is 25.7 Å². The third-order valence-electron chi connectivity index (χ3n) is 2.82. The van der Waals surface area contributed by atoms with Crippen molar-refractivity contribution in [3.05, 3.63) is 55.1 Å². The maximum absolute atomic E-state index is 6.15. The summed E-state index contributed by atoms with van der Waals surface area (Å²) >= 11 is 18.5. The fourth-order valence-electron chi connectivity index (χ4n) is 1.99. The Morgan fingerprint density at radius 1 is 1.16 bits per heavy atom. The first kappa shape index (κ1) is 13.4. The zero-order valence-corrected chi connectivity index (χ0v) is 14.2. The van der Waals surface area contributed by atoms with Gasteiger partial charge in [0.25, 0.3) is 0 Å². The molecule has 96 valence electrons. The highest BCUT2D eigenvalue weighted by Crippen LogP contribution is 2.31. The van der Waals surface area contributed by atoms with Crippen molar-refractivity contribution < 1.29 is 0 Å². The molecular formula is C13H7Br2ClN2S. The van der Waals surface area contributed by atoms with Gasteiger partial charge in [-0.2, -0.15) is 0 Å². The molecule has 0 fully saturated rings. The molecule has 3 rings (SSSR count). The molecule has 0 aliphatic rings. The van der Waals surface area contributed by atoms with Crippen LogP contribution in [0.5, 0.6) is 0 Å². The van der Waals surface area contributed by atoms with Crippen LogP contribution in [-0.4, -0.2) is 9.55 Å². The molecule has 0 aliphatic carbocycles. The molecule has 0 saturated heterocycles. The quantitative estimate of drug-likeness (QED) is 0.491. The Hall–Kier alpha value is -0.620. The first-order valence-electron chi connectivity index (χ1n) is 5.42. The molecule has 1 aromatic heterocycles. The molecule has 0 atom stereocenters. The smallest absolute Gasteiger partial charge is 0.182 e. The third-order valence-corrected chi connectivity index (χ3v) is 4.97. The first-order chi connectivity index (χ1) is 9.08. The molecule has 0 radical (unpaired) electrons. The molecule has 2 aromatic carbocycles. The minimum absolute atomic E-state index is 0.635. The van der Waals surface area contributed by atoms with Gasteiger partial charge in [0.15, 0.2) is 4.77 Å². The largest absolute Gasteiger partial charge is 0.330 e. The van der Waals surface area contributed by atoms with Crippen molar-refractivity contribution in [2.24, 2.45) is 0 Å². The summed E-state index contributed by atoms with van der Waals surface area (Å²) in [4.78, 5) is 3.20. The minimum atomic E-state index is 0.635. The lowest BCUT2D eigenvalue weighted by molar-refractivity contribution is 1.06. The molecule has 2 nitrogen and oxygen atoms in total. The second kappa shape index (κ2) is 5.05. The minimum Gasteiger partial charge on any atom is -0.330 e. The van der Waals surface area contributed by atoms with Crippen LogP contribution in [0.3, 0.4) is 0 Å². The van der Waals surface area contributed by atoms with Gasteiger partial charge in [-0.1, -0.05) is 33.6 Å². The fraction of sp³-hybridized carbons (Fsp3) is 0. The van der Waals surface area contributed by atoms with E-state index in [4.69, 9.17) is 23.8 Å². The van der Waals surface area contributed by atoms with Crippen molar-refractivity contribution in [2.75, 3.05) is 0 Å². The van der Waals surface area contributed by atoms with Gasteiger partial charge in [0.2, 0.25) is 0 Å². The van der Waals surface area contributed by atoms with E-state index in [-0.39, 0.29) is 0 Å².